The number of primary amides is 1. The Kier molecular flexibility index (Phi) is 2.19. The van der Waals surface area contributed by atoms with Crippen molar-refractivity contribution in [2.45, 2.75) is 37.3 Å². The summed E-state index contributed by atoms with van der Waals surface area (Å²) in [5.41, 5.74) is 4.13. The maximum Gasteiger partial charge on any atom is 0.250 e. The standard InChI is InChI=1S/C9H15N3O2/c10-7(13)9(4-1-5-11-9)8(14)12-6-2-3-6/h6,11H,1-5H2,(H2,10,13)(H,12,14)/t9-/m1/s1. The second-order valence-corrected chi connectivity index (χ2v) is 4.05. The Hall–Kier alpha value is -1.10. The fourth-order valence-electron chi connectivity index (χ4n) is 1.80. The minimum Gasteiger partial charge on any atom is -0.368 e. The molecule has 1 saturated heterocycles. The number of hydrogen-bond donors (Lipinski definition) is 3. The molecule has 2 rings (SSSR count). The molecule has 1 aliphatic heterocycles. The Balaban J connectivity index is 2.08. The van der Waals surface area contributed by atoms with Crippen LogP contribution in [0, 0.1) is 0 Å². The highest BCUT2D eigenvalue weighted by Crippen LogP contribution is 2.23. The van der Waals surface area contributed by atoms with E-state index in [1.165, 1.54) is 0 Å². The fourth-order valence-corrected chi connectivity index (χ4v) is 1.80. The first-order valence-electron chi connectivity index (χ1n) is 5.01. The topological polar surface area (TPSA) is 84.2 Å². The van der Waals surface area contributed by atoms with Gasteiger partial charge in [0.05, 0.1) is 0 Å². The van der Waals surface area contributed by atoms with Gasteiger partial charge in [0.25, 0.3) is 0 Å². The van der Waals surface area contributed by atoms with Gasteiger partial charge in [-0.2, -0.15) is 0 Å². The molecule has 1 saturated carbocycles. The maximum absolute atomic E-state index is 11.8. The zero-order valence-electron chi connectivity index (χ0n) is 8.01. The van der Waals surface area contributed by atoms with Crippen LogP contribution < -0.4 is 16.4 Å². The Morgan fingerprint density at radius 1 is 1.43 bits per heavy atom. The molecule has 4 N–H and O–H groups in total. The Bertz CT molecular complexity index is 267. The Morgan fingerprint density at radius 3 is 2.57 bits per heavy atom. The Labute approximate surface area is 82.4 Å². The molecule has 0 unspecified atom stereocenters. The highest BCUT2D eigenvalue weighted by atomic mass is 16.2. The minimum atomic E-state index is -1.14. The summed E-state index contributed by atoms with van der Waals surface area (Å²) in [6.45, 7) is 0.682. The smallest absolute Gasteiger partial charge is 0.250 e. The molecule has 1 heterocycles. The lowest BCUT2D eigenvalue weighted by Gasteiger charge is -2.24. The van der Waals surface area contributed by atoms with Crippen molar-refractivity contribution in [3.05, 3.63) is 0 Å². The predicted octanol–water partition coefficient (Wildman–Crippen LogP) is -1.13. The molecule has 2 amide bonds. The van der Waals surface area contributed by atoms with E-state index in [0.717, 1.165) is 19.3 Å². The van der Waals surface area contributed by atoms with E-state index < -0.39 is 11.4 Å². The molecule has 0 bridgehead atoms. The van der Waals surface area contributed by atoms with E-state index in [9.17, 15) is 9.59 Å². The van der Waals surface area contributed by atoms with E-state index in [-0.39, 0.29) is 11.9 Å². The first kappa shape index (κ1) is 9.45. The van der Waals surface area contributed by atoms with Gasteiger partial charge < -0.3 is 11.1 Å². The summed E-state index contributed by atoms with van der Waals surface area (Å²) >= 11 is 0. The van der Waals surface area contributed by atoms with Crippen LogP contribution in [0.25, 0.3) is 0 Å². The minimum absolute atomic E-state index is 0.245. The van der Waals surface area contributed by atoms with E-state index >= 15 is 0 Å². The molecule has 2 fully saturated rings. The lowest BCUT2D eigenvalue weighted by Crippen LogP contribution is -2.61. The maximum atomic E-state index is 11.8. The lowest BCUT2D eigenvalue weighted by atomic mass is 9.95. The van der Waals surface area contributed by atoms with Gasteiger partial charge in [0.1, 0.15) is 0 Å². The number of hydrogen-bond acceptors (Lipinski definition) is 3. The molecule has 5 heteroatoms. The zero-order valence-corrected chi connectivity index (χ0v) is 8.01. The molecule has 1 atom stereocenters. The van der Waals surface area contributed by atoms with Crippen LogP contribution in [-0.2, 0) is 9.59 Å². The van der Waals surface area contributed by atoms with Crippen LogP contribution in [0.1, 0.15) is 25.7 Å². The van der Waals surface area contributed by atoms with Gasteiger partial charge in [-0.15, -0.1) is 0 Å². The molecule has 0 aromatic carbocycles. The van der Waals surface area contributed by atoms with Crippen molar-refractivity contribution < 1.29 is 9.59 Å². The molecule has 0 aromatic heterocycles. The number of nitrogens with two attached hydrogens (primary N) is 1. The molecule has 1 aliphatic carbocycles. The molecular weight excluding hydrogens is 182 g/mol. The number of nitrogens with one attached hydrogen (secondary N) is 2. The SMILES string of the molecule is NC(=O)[C@@]1(C(=O)NC2CC2)CCCN1. The molecule has 0 aromatic rings. The van der Waals surface area contributed by atoms with Gasteiger partial charge in [-0.05, 0) is 32.2 Å². The van der Waals surface area contributed by atoms with Crippen molar-refractivity contribution in [1.82, 2.24) is 10.6 Å². The summed E-state index contributed by atoms with van der Waals surface area (Å²) in [6.07, 6.45) is 3.36. The van der Waals surface area contributed by atoms with Gasteiger partial charge >= 0.3 is 0 Å². The second-order valence-electron chi connectivity index (χ2n) is 4.05. The van der Waals surface area contributed by atoms with Gasteiger partial charge in [0.2, 0.25) is 11.8 Å². The molecule has 14 heavy (non-hydrogen) atoms. The second kappa shape index (κ2) is 3.24. The van der Waals surface area contributed by atoms with E-state index in [1.807, 2.05) is 0 Å². The van der Waals surface area contributed by atoms with Crippen molar-refractivity contribution in [1.29, 1.82) is 0 Å². The van der Waals surface area contributed by atoms with Gasteiger partial charge in [-0.25, -0.2) is 0 Å². The van der Waals surface area contributed by atoms with E-state index in [4.69, 9.17) is 5.73 Å². The van der Waals surface area contributed by atoms with E-state index in [0.29, 0.717) is 13.0 Å². The van der Waals surface area contributed by atoms with Crippen LogP contribution >= 0.6 is 0 Å². The Morgan fingerprint density at radius 2 is 2.14 bits per heavy atom. The van der Waals surface area contributed by atoms with Crippen molar-refractivity contribution >= 4 is 11.8 Å². The lowest BCUT2D eigenvalue weighted by molar-refractivity contribution is -0.136. The first-order chi connectivity index (χ1) is 6.65. The summed E-state index contributed by atoms with van der Waals surface area (Å²) < 4.78 is 0. The van der Waals surface area contributed by atoms with Crippen molar-refractivity contribution in [3.8, 4) is 0 Å². The number of carbonyl (C=O) groups excluding carboxylic acids is 2. The van der Waals surface area contributed by atoms with Gasteiger partial charge in [0.15, 0.2) is 5.54 Å². The van der Waals surface area contributed by atoms with Crippen LogP contribution in [-0.4, -0.2) is 29.9 Å². The number of carbonyl (C=O) groups is 2. The third-order valence-electron chi connectivity index (χ3n) is 2.88. The first-order valence-corrected chi connectivity index (χ1v) is 5.01. The van der Waals surface area contributed by atoms with Crippen molar-refractivity contribution in [3.63, 3.8) is 0 Å². The van der Waals surface area contributed by atoms with Crippen molar-refractivity contribution in [2.24, 2.45) is 5.73 Å². The molecule has 2 aliphatic rings. The largest absolute Gasteiger partial charge is 0.368 e. The highest BCUT2D eigenvalue weighted by Gasteiger charge is 2.47. The number of amides is 2. The van der Waals surface area contributed by atoms with E-state index in [2.05, 4.69) is 10.6 Å². The molecule has 0 radical (unpaired) electrons. The normalized spacial score (nSPS) is 31.4. The summed E-state index contributed by atoms with van der Waals surface area (Å²) in [6, 6.07) is 0.265. The zero-order chi connectivity index (χ0) is 10.2. The third-order valence-corrected chi connectivity index (χ3v) is 2.88. The molecular formula is C9H15N3O2. The van der Waals surface area contributed by atoms with Crippen LogP contribution in [0.15, 0.2) is 0 Å². The van der Waals surface area contributed by atoms with Crippen LogP contribution in [0.5, 0.6) is 0 Å². The summed E-state index contributed by atoms with van der Waals surface area (Å²) in [5, 5.41) is 5.73. The average Bonchev–Trinajstić information content (AvgIpc) is 2.82. The van der Waals surface area contributed by atoms with Crippen molar-refractivity contribution in [2.75, 3.05) is 6.54 Å². The molecule has 5 nitrogen and oxygen atoms in total. The van der Waals surface area contributed by atoms with Crippen LogP contribution in [0.2, 0.25) is 0 Å². The quantitative estimate of drug-likeness (QED) is 0.501. The summed E-state index contributed by atoms with van der Waals surface area (Å²) in [4.78, 5) is 23.1. The number of rotatable bonds is 3. The molecule has 78 valence electrons. The monoisotopic (exact) mass is 197 g/mol. The fraction of sp³-hybridized carbons (Fsp3) is 0.778. The predicted molar refractivity (Wildman–Crippen MR) is 50.3 cm³/mol. The molecule has 0 spiro atoms. The summed E-state index contributed by atoms with van der Waals surface area (Å²) in [5.74, 6) is -0.807. The highest BCUT2D eigenvalue weighted by molar-refractivity contribution is 6.09. The van der Waals surface area contributed by atoms with Gasteiger partial charge in [0, 0.05) is 6.04 Å². The average molecular weight is 197 g/mol. The third kappa shape index (κ3) is 1.48. The van der Waals surface area contributed by atoms with Gasteiger partial charge in [-0.1, -0.05) is 0 Å². The van der Waals surface area contributed by atoms with Gasteiger partial charge in [-0.3, -0.25) is 14.9 Å². The van der Waals surface area contributed by atoms with Crippen LogP contribution in [0.4, 0.5) is 0 Å². The summed E-state index contributed by atoms with van der Waals surface area (Å²) in [7, 11) is 0. The van der Waals surface area contributed by atoms with Crippen LogP contribution in [0.3, 0.4) is 0 Å². The van der Waals surface area contributed by atoms with E-state index in [1.54, 1.807) is 0 Å².